The Kier molecular flexibility index (Phi) is 6.39. The molecular weight excluding hydrogens is 436 g/mol. The minimum absolute atomic E-state index is 0.0441. The Hall–Kier alpha value is -2.62. The Balaban J connectivity index is 1.54. The molecule has 0 saturated carbocycles. The molecule has 2 heterocycles. The van der Waals surface area contributed by atoms with Crippen LogP contribution in [0.5, 0.6) is 0 Å². The molecule has 4 rings (SSSR count). The number of benzene rings is 2. The molecule has 0 amide bonds. The summed E-state index contributed by atoms with van der Waals surface area (Å²) in [5.41, 5.74) is 5.88. The van der Waals surface area contributed by atoms with Crippen LogP contribution in [0.25, 0.3) is 5.69 Å². The van der Waals surface area contributed by atoms with E-state index in [4.69, 9.17) is 0 Å². The van der Waals surface area contributed by atoms with Crippen molar-refractivity contribution in [1.29, 1.82) is 0 Å². The van der Waals surface area contributed by atoms with Gasteiger partial charge in [0.1, 0.15) is 0 Å². The summed E-state index contributed by atoms with van der Waals surface area (Å²) in [6, 6.07) is 9.75. The zero-order valence-electron chi connectivity index (χ0n) is 20.2. The number of hydrogen-bond donors (Lipinski definition) is 0. The number of para-hydroxylation sites is 1. The molecule has 0 spiro atoms. The van der Waals surface area contributed by atoms with E-state index in [0.29, 0.717) is 31.1 Å². The fourth-order valence-electron chi connectivity index (χ4n) is 4.68. The predicted molar refractivity (Wildman–Crippen MR) is 128 cm³/mol. The van der Waals surface area contributed by atoms with E-state index in [0.717, 1.165) is 33.8 Å². The van der Waals surface area contributed by atoms with E-state index >= 15 is 0 Å². The first kappa shape index (κ1) is 23.5. The predicted octanol–water partition coefficient (Wildman–Crippen LogP) is 3.27. The third-order valence-corrected chi connectivity index (χ3v) is 9.39. The fraction of sp³-hybridized carbons (Fsp3) is 0.458. The van der Waals surface area contributed by atoms with Gasteiger partial charge in [0.05, 0.1) is 16.6 Å². The van der Waals surface area contributed by atoms with Crippen LogP contribution < -0.4 is 0 Å². The summed E-state index contributed by atoms with van der Waals surface area (Å²) in [5, 5.41) is 12.3. The molecule has 9 heteroatoms. The molecule has 176 valence electrons. The van der Waals surface area contributed by atoms with Crippen molar-refractivity contribution in [1.82, 2.24) is 29.4 Å². The molecule has 0 bridgehead atoms. The average molecular weight is 469 g/mol. The second-order valence-corrected chi connectivity index (χ2v) is 10.7. The van der Waals surface area contributed by atoms with Crippen LogP contribution in [0.15, 0.2) is 35.2 Å². The molecule has 1 saturated heterocycles. The van der Waals surface area contributed by atoms with E-state index in [-0.39, 0.29) is 6.04 Å². The molecule has 8 nitrogen and oxygen atoms in total. The number of sulfonamides is 1. The standard InChI is InChI=1S/C24H32N6O2S/c1-16-17(2)19(4)23(20(5)18(16)3)33(31,32)29-14-12-28(13-15-29)21(6)24-25-26-27-30(24)22-10-8-7-9-11-22/h7-11,21H,12-15H2,1-6H3. The minimum atomic E-state index is -3.58. The molecule has 1 aromatic heterocycles. The van der Waals surface area contributed by atoms with Crippen LogP contribution >= 0.6 is 0 Å². The van der Waals surface area contributed by atoms with Crippen LogP contribution in [0.3, 0.4) is 0 Å². The smallest absolute Gasteiger partial charge is 0.243 e. The molecule has 1 aliphatic heterocycles. The van der Waals surface area contributed by atoms with E-state index in [1.807, 2.05) is 58.0 Å². The number of rotatable bonds is 5. The van der Waals surface area contributed by atoms with E-state index < -0.39 is 10.0 Å². The van der Waals surface area contributed by atoms with Crippen molar-refractivity contribution >= 4 is 10.0 Å². The van der Waals surface area contributed by atoms with Gasteiger partial charge in [-0.1, -0.05) is 18.2 Å². The summed E-state index contributed by atoms with van der Waals surface area (Å²) < 4.78 is 30.7. The highest BCUT2D eigenvalue weighted by molar-refractivity contribution is 7.89. The first-order valence-electron chi connectivity index (χ1n) is 11.3. The van der Waals surface area contributed by atoms with Crippen molar-refractivity contribution in [2.45, 2.75) is 52.5 Å². The van der Waals surface area contributed by atoms with Gasteiger partial charge in [-0.05, 0) is 91.9 Å². The van der Waals surface area contributed by atoms with Gasteiger partial charge in [0.15, 0.2) is 5.82 Å². The van der Waals surface area contributed by atoms with Crippen molar-refractivity contribution in [3.8, 4) is 5.69 Å². The van der Waals surface area contributed by atoms with Gasteiger partial charge < -0.3 is 0 Å². The van der Waals surface area contributed by atoms with Crippen LogP contribution in [-0.2, 0) is 10.0 Å². The van der Waals surface area contributed by atoms with Crippen molar-refractivity contribution in [3.05, 3.63) is 64.0 Å². The molecule has 1 aliphatic rings. The van der Waals surface area contributed by atoms with Gasteiger partial charge in [-0.15, -0.1) is 5.10 Å². The second-order valence-electron chi connectivity index (χ2n) is 8.85. The average Bonchev–Trinajstić information content (AvgIpc) is 3.31. The highest BCUT2D eigenvalue weighted by atomic mass is 32.2. The first-order chi connectivity index (χ1) is 15.6. The van der Waals surface area contributed by atoms with Gasteiger partial charge in [-0.2, -0.15) is 8.99 Å². The molecule has 3 aromatic rings. The molecule has 1 unspecified atom stereocenters. The van der Waals surface area contributed by atoms with Gasteiger partial charge >= 0.3 is 0 Å². The van der Waals surface area contributed by atoms with Gasteiger partial charge in [0, 0.05) is 26.2 Å². The van der Waals surface area contributed by atoms with Crippen LogP contribution in [-0.4, -0.2) is 64.0 Å². The number of aromatic nitrogens is 4. The van der Waals surface area contributed by atoms with Crippen LogP contribution in [0, 0.1) is 34.6 Å². The topological polar surface area (TPSA) is 84.2 Å². The minimum Gasteiger partial charge on any atom is -0.291 e. The second kappa shape index (κ2) is 8.96. The largest absolute Gasteiger partial charge is 0.291 e. The first-order valence-corrected chi connectivity index (χ1v) is 12.7. The van der Waals surface area contributed by atoms with Gasteiger partial charge in [-0.3, -0.25) is 4.90 Å². The summed E-state index contributed by atoms with van der Waals surface area (Å²) in [6.45, 7) is 14.1. The number of nitrogens with zero attached hydrogens (tertiary/aromatic N) is 6. The molecular formula is C24H32N6O2S. The highest BCUT2D eigenvalue weighted by Gasteiger charge is 2.34. The molecule has 2 aromatic carbocycles. The Morgan fingerprint density at radius 1 is 0.818 bits per heavy atom. The number of piperazine rings is 1. The maximum atomic E-state index is 13.7. The number of tetrazole rings is 1. The SMILES string of the molecule is Cc1c(C)c(C)c(S(=O)(=O)N2CCN(C(C)c3nnnn3-c3ccccc3)CC2)c(C)c1C. The molecule has 0 radical (unpaired) electrons. The van der Waals surface area contributed by atoms with Gasteiger partial charge in [0.25, 0.3) is 0 Å². The molecule has 33 heavy (non-hydrogen) atoms. The van der Waals surface area contributed by atoms with Gasteiger partial charge in [0.2, 0.25) is 10.0 Å². The summed E-state index contributed by atoms with van der Waals surface area (Å²) in [4.78, 5) is 2.71. The van der Waals surface area contributed by atoms with Crippen molar-refractivity contribution in [2.75, 3.05) is 26.2 Å². The lowest BCUT2D eigenvalue weighted by atomic mass is 9.95. The third kappa shape index (κ3) is 4.09. The Morgan fingerprint density at radius 2 is 1.36 bits per heavy atom. The van der Waals surface area contributed by atoms with Gasteiger partial charge in [-0.25, -0.2) is 8.42 Å². The van der Waals surface area contributed by atoms with Crippen LogP contribution in [0.4, 0.5) is 0 Å². The Bertz CT molecular complexity index is 1230. The molecule has 1 atom stereocenters. The molecule has 0 aliphatic carbocycles. The quantitative estimate of drug-likeness (QED) is 0.571. The summed E-state index contributed by atoms with van der Waals surface area (Å²) in [5.74, 6) is 0.744. The fourth-order valence-corrected chi connectivity index (χ4v) is 6.67. The van der Waals surface area contributed by atoms with Crippen molar-refractivity contribution < 1.29 is 8.42 Å². The zero-order chi connectivity index (χ0) is 23.9. The maximum Gasteiger partial charge on any atom is 0.243 e. The van der Waals surface area contributed by atoms with Crippen molar-refractivity contribution in [2.24, 2.45) is 0 Å². The lowest BCUT2D eigenvalue weighted by Gasteiger charge is -2.37. The van der Waals surface area contributed by atoms with Crippen molar-refractivity contribution in [3.63, 3.8) is 0 Å². The van der Waals surface area contributed by atoms with Crippen LogP contribution in [0.1, 0.15) is 46.6 Å². The van der Waals surface area contributed by atoms with E-state index in [9.17, 15) is 8.42 Å². The molecule has 0 N–H and O–H groups in total. The maximum absolute atomic E-state index is 13.7. The lowest BCUT2D eigenvalue weighted by Crippen LogP contribution is -2.49. The monoisotopic (exact) mass is 468 g/mol. The Morgan fingerprint density at radius 3 is 1.94 bits per heavy atom. The third-order valence-electron chi connectivity index (χ3n) is 7.22. The Labute approximate surface area is 196 Å². The summed E-state index contributed by atoms with van der Waals surface area (Å²) in [6.07, 6.45) is 0. The van der Waals surface area contributed by atoms with Crippen LogP contribution in [0.2, 0.25) is 0 Å². The molecule has 1 fully saturated rings. The summed E-state index contributed by atoms with van der Waals surface area (Å²) >= 11 is 0. The van der Waals surface area contributed by atoms with E-state index in [1.54, 1.807) is 8.99 Å². The normalized spacial score (nSPS) is 16.8. The lowest BCUT2D eigenvalue weighted by molar-refractivity contribution is 0.139. The van der Waals surface area contributed by atoms with E-state index in [2.05, 4.69) is 34.3 Å². The number of hydrogen-bond acceptors (Lipinski definition) is 6. The summed E-state index contributed by atoms with van der Waals surface area (Å²) in [7, 11) is -3.58. The zero-order valence-corrected chi connectivity index (χ0v) is 21.0. The highest BCUT2D eigenvalue weighted by Crippen LogP contribution is 2.32. The van der Waals surface area contributed by atoms with E-state index in [1.165, 1.54) is 5.56 Å².